The molecule has 0 bridgehead atoms. The number of methoxy groups -OCH3 is 1. The number of nitrogens with zero attached hydrogens (tertiary/aromatic N) is 1. The Balaban J connectivity index is 1.81. The van der Waals surface area contributed by atoms with Crippen molar-refractivity contribution in [2.45, 2.75) is 38.5 Å². The van der Waals surface area contributed by atoms with E-state index in [1.807, 2.05) is 0 Å². The number of hydrogen-bond donors (Lipinski definition) is 1. The SMILES string of the molecule is COCCCCCc1ccc2c(n1)NCCC2. The third-order valence-electron chi connectivity index (χ3n) is 3.23. The zero-order chi connectivity index (χ0) is 11.9. The van der Waals surface area contributed by atoms with Gasteiger partial charge in [0.1, 0.15) is 5.82 Å². The van der Waals surface area contributed by atoms with Crippen LogP contribution in [-0.4, -0.2) is 25.2 Å². The van der Waals surface area contributed by atoms with Gasteiger partial charge in [-0.1, -0.05) is 12.5 Å². The minimum atomic E-state index is 0.874. The van der Waals surface area contributed by atoms with Gasteiger partial charge in [0.2, 0.25) is 0 Å². The number of nitrogens with one attached hydrogen (secondary N) is 1. The third-order valence-corrected chi connectivity index (χ3v) is 3.23. The lowest BCUT2D eigenvalue weighted by molar-refractivity contribution is 0.192. The van der Waals surface area contributed by atoms with Gasteiger partial charge in [-0.2, -0.15) is 0 Å². The molecule has 0 unspecified atom stereocenters. The molecule has 0 aromatic carbocycles. The summed E-state index contributed by atoms with van der Waals surface area (Å²) < 4.78 is 5.04. The minimum Gasteiger partial charge on any atom is -0.385 e. The molecule has 1 aromatic heterocycles. The van der Waals surface area contributed by atoms with E-state index in [1.54, 1.807) is 7.11 Å². The molecule has 1 aromatic rings. The number of ether oxygens (including phenoxy) is 1. The number of rotatable bonds is 6. The van der Waals surface area contributed by atoms with E-state index >= 15 is 0 Å². The van der Waals surface area contributed by atoms with Crippen molar-refractivity contribution in [3.63, 3.8) is 0 Å². The molecule has 0 saturated carbocycles. The van der Waals surface area contributed by atoms with Crippen LogP contribution in [0.2, 0.25) is 0 Å². The van der Waals surface area contributed by atoms with Crippen molar-refractivity contribution in [2.24, 2.45) is 0 Å². The molecule has 0 fully saturated rings. The number of anilines is 1. The Labute approximate surface area is 104 Å². The Bertz CT molecular complexity index is 352. The average molecular weight is 234 g/mol. The van der Waals surface area contributed by atoms with Gasteiger partial charge < -0.3 is 10.1 Å². The second kappa shape index (κ2) is 6.60. The molecule has 2 rings (SSSR count). The number of fused-ring (bicyclic) bond motifs is 1. The van der Waals surface area contributed by atoms with Crippen LogP contribution in [0, 0.1) is 0 Å². The van der Waals surface area contributed by atoms with E-state index in [1.165, 1.54) is 36.9 Å². The van der Waals surface area contributed by atoms with Crippen LogP contribution in [0.4, 0.5) is 5.82 Å². The van der Waals surface area contributed by atoms with Crippen LogP contribution < -0.4 is 5.32 Å². The molecule has 1 N–H and O–H groups in total. The molecule has 2 heterocycles. The number of aryl methyl sites for hydroxylation is 2. The molecule has 3 nitrogen and oxygen atoms in total. The van der Waals surface area contributed by atoms with Crippen LogP contribution in [0.15, 0.2) is 12.1 Å². The van der Waals surface area contributed by atoms with Crippen LogP contribution >= 0.6 is 0 Å². The van der Waals surface area contributed by atoms with Crippen LogP contribution in [0.25, 0.3) is 0 Å². The summed E-state index contributed by atoms with van der Waals surface area (Å²) in [7, 11) is 1.76. The van der Waals surface area contributed by atoms with E-state index in [2.05, 4.69) is 22.4 Å². The predicted octanol–water partition coefficient (Wildman–Crippen LogP) is 2.80. The summed E-state index contributed by atoms with van der Waals surface area (Å²) in [6, 6.07) is 4.42. The van der Waals surface area contributed by atoms with Crippen molar-refractivity contribution < 1.29 is 4.74 Å². The molecule has 0 saturated heterocycles. The minimum absolute atomic E-state index is 0.874. The predicted molar refractivity (Wildman–Crippen MR) is 70.5 cm³/mol. The fourth-order valence-electron chi connectivity index (χ4n) is 2.24. The Morgan fingerprint density at radius 1 is 1.29 bits per heavy atom. The highest BCUT2D eigenvalue weighted by atomic mass is 16.5. The van der Waals surface area contributed by atoms with Crippen LogP contribution in [-0.2, 0) is 17.6 Å². The Hall–Kier alpha value is -1.09. The summed E-state index contributed by atoms with van der Waals surface area (Å²) in [4.78, 5) is 4.69. The molecular formula is C14H22N2O. The zero-order valence-electron chi connectivity index (χ0n) is 10.7. The Morgan fingerprint density at radius 3 is 3.12 bits per heavy atom. The molecular weight excluding hydrogens is 212 g/mol. The third kappa shape index (κ3) is 3.70. The van der Waals surface area contributed by atoms with E-state index in [9.17, 15) is 0 Å². The standard InChI is InChI=1S/C14H22N2O/c1-17-11-4-2-3-7-13-9-8-12-6-5-10-15-14(12)16-13/h8-9H,2-7,10-11H2,1H3,(H,15,16). The lowest BCUT2D eigenvalue weighted by Crippen LogP contribution is -2.13. The summed E-state index contributed by atoms with van der Waals surface area (Å²) in [6.07, 6.45) is 7.06. The highest BCUT2D eigenvalue weighted by molar-refractivity contribution is 5.46. The topological polar surface area (TPSA) is 34.1 Å². The fourth-order valence-corrected chi connectivity index (χ4v) is 2.24. The lowest BCUT2D eigenvalue weighted by atomic mass is 10.1. The summed E-state index contributed by atoms with van der Waals surface area (Å²) in [5.74, 6) is 1.12. The van der Waals surface area contributed by atoms with Gasteiger partial charge in [-0.15, -0.1) is 0 Å². The summed E-state index contributed by atoms with van der Waals surface area (Å²) in [6.45, 7) is 1.94. The first-order chi connectivity index (χ1) is 8.40. The molecule has 0 atom stereocenters. The van der Waals surface area contributed by atoms with E-state index in [-0.39, 0.29) is 0 Å². The monoisotopic (exact) mass is 234 g/mol. The molecule has 0 aliphatic carbocycles. The van der Waals surface area contributed by atoms with Crippen LogP contribution in [0.1, 0.15) is 36.9 Å². The van der Waals surface area contributed by atoms with Crippen molar-refractivity contribution >= 4 is 5.82 Å². The maximum Gasteiger partial charge on any atom is 0.129 e. The first-order valence-electron chi connectivity index (χ1n) is 6.62. The Morgan fingerprint density at radius 2 is 2.24 bits per heavy atom. The fraction of sp³-hybridized carbons (Fsp3) is 0.643. The molecule has 0 amide bonds. The zero-order valence-corrected chi connectivity index (χ0v) is 10.7. The van der Waals surface area contributed by atoms with Crippen molar-refractivity contribution in [3.8, 4) is 0 Å². The van der Waals surface area contributed by atoms with Crippen molar-refractivity contribution in [2.75, 3.05) is 25.6 Å². The van der Waals surface area contributed by atoms with Crippen LogP contribution in [0.5, 0.6) is 0 Å². The van der Waals surface area contributed by atoms with Gasteiger partial charge in [-0.05, 0) is 43.7 Å². The van der Waals surface area contributed by atoms with E-state index in [0.717, 1.165) is 31.8 Å². The van der Waals surface area contributed by atoms with Crippen molar-refractivity contribution in [1.82, 2.24) is 4.98 Å². The van der Waals surface area contributed by atoms with E-state index in [0.29, 0.717) is 0 Å². The highest BCUT2D eigenvalue weighted by Crippen LogP contribution is 2.20. The molecule has 17 heavy (non-hydrogen) atoms. The molecule has 94 valence electrons. The number of aromatic nitrogens is 1. The van der Waals surface area contributed by atoms with E-state index in [4.69, 9.17) is 4.74 Å². The second-order valence-corrected chi connectivity index (χ2v) is 4.64. The maximum atomic E-state index is 5.04. The number of unbranched alkanes of at least 4 members (excludes halogenated alkanes) is 2. The molecule has 0 radical (unpaired) electrons. The van der Waals surface area contributed by atoms with Gasteiger partial charge in [-0.3, -0.25) is 0 Å². The van der Waals surface area contributed by atoms with Gasteiger partial charge in [0.15, 0.2) is 0 Å². The normalized spacial score (nSPS) is 14.2. The lowest BCUT2D eigenvalue weighted by Gasteiger charge is -2.17. The maximum absolute atomic E-state index is 5.04. The average Bonchev–Trinajstić information content (AvgIpc) is 2.38. The van der Waals surface area contributed by atoms with Gasteiger partial charge in [-0.25, -0.2) is 4.98 Å². The van der Waals surface area contributed by atoms with Gasteiger partial charge in [0.25, 0.3) is 0 Å². The number of hydrogen-bond acceptors (Lipinski definition) is 3. The quantitative estimate of drug-likeness (QED) is 0.769. The second-order valence-electron chi connectivity index (χ2n) is 4.64. The molecule has 1 aliphatic rings. The van der Waals surface area contributed by atoms with Crippen molar-refractivity contribution in [1.29, 1.82) is 0 Å². The molecule has 1 aliphatic heterocycles. The van der Waals surface area contributed by atoms with E-state index < -0.39 is 0 Å². The Kier molecular flexibility index (Phi) is 4.80. The van der Waals surface area contributed by atoms with Crippen molar-refractivity contribution in [3.05, 3.63) is 23.4 Å². The molecule has 0 spiro atoms. The molecule has 3 heteroatoms. The van der Waals surface area contributed by atoms with Gasteiger partial charge >= 0.3 is 0 Å². The first-order valence-corrected chi connectivity index (χ1v) is 6.62. The van der Waals surface area contributed by atoms with Gasteiger partial charge in [0.05, 0.1) is 0 Å². The van der Waals surface area contributed by atoms with Crippen LogP contribution in [0.3, 0.4) is 0 Å². The highest BCUT2D eigenvalue weighted by Gasteiger charge is 2.09. The first kappa shape index (κ1) is 12.4. The van der Waals surface area contributed by atoms with Gasteiger partial charge in [0, 0.05) is 26.0 Å². The largest absolute Gasteiger partial charge is 0.385 e. The summed E-state index contributed by atoms with van der Waals surface area (Å²) >= 11 is 0. The summed E-state index contributed by atoms with van der Waals surface area (Å²) in [5, 5.41) is 3.38. The summed E-state index contributed by atoms with van der Waals surface area (Å²) in [5.41, 5.74) is 2.59. The number of pyridine rings is 1. The smallest absolute Gasteiger partial charge is 0.129 e.